The van der Waals surface area contributed by atoms with Crippen LogP contribution in [-0.2, 0) is 26.3 Å². The molecule has 0 aliphatic carbocycles. The fourth-order valence-corrected chi connectivity index (χ4v) is 5.83. The van der Waals surface area contributed by atoms with Gasteiger partial charge >= 0.3 is 0 Å². The molecule has 2 aliphatic rings. The van der Waals surface area contributed by atoms with Crippen LogP contribution >= 0.6 is 11.8 Å². The fraction of sp³-hybridized carbons (Fsp3) is 0.391. The summed E-state index contributed by atoms with van der Waals surface area (Å²) in [5, 5.41) is -0.249. The minimum absolute atomic E-state index is 0.0558. The van der Waals surface area contributed by atoms with Crippen LogP contribution in [0.4, 0.5) is 0 Å². The Kier molecular flexibility index (Phi) is 6.95. The Balaban J connectivity index is 0.000000235. The number of hydrogen-bond acceptors (Lipinski definition) is 6. The first-order chi connectivity index (χ1) is 15.3. The van der Waals surface area contributed by atoms with Crippen LogP contribution in [0, 0.1) is 6.92 Å². The average molecular weight is 492 g/mol. The molecule has 33 heavy (non-hydrogen) atoms. The van der Waals surface area contributed by atoms with Crippen molar-refractivity contribution in [2.75, 3.05) is 13.6 Å². The molecular weight excluding hydrogens is 462 g/mol. The summed E-state index contributed by atoms with van der Waals surface area (Å²) >= 11 is 1.61. The number of benzene rings is 2. The van der Waals surface area contributed by atoms with Crippen LogP contribution in [0.1, 0.15) is 25.0 Å². The number of β-lactam (4-membered cyclic amide) rings is 1. The summed E-state index contributed by atoms with van der Waals surface area (Å²) in [6.45, 7) is 7.08. The second-order valence-corrected chi connectivity index (χ2v) is 12.2. The van der Waals surface area contributed by atoms with Gasteiger partial charge in [0.15, 0.2) is 0 Å². The summed E-state index contributed by atoms with van der Waals surface area (Å²) in [4.78, 5) is 28.4. The summed E-state index contributed by atoms with van der Waals surface area (Å²) in [5.74, 6) is -0.548. The zero-order valence-electron chi connectivity index (χ0n) is 19.1. The van der Waals surface area contributed by atoms with E-state index in [2.05, 4.69) is 13.8 Å². The van der Waals surface area contributed by atoms with Gasteiger partial charge in [-0.3, -0.25) is 14.1 Å². The lowest BCUT2D eigenvalue weighted by Gasteiger charge is -2.49. The third-order valence-corrected chi connectivity index (χ3v) is 8.04. The molecule has 1 unspecified atom stereocenters. The maximum atomic E-state index is 12.8. The lowest BCUT2D eigenvalue weighted by Crippen LogP contribution is -2.80. The topological polar surface area (TPSA) is 121 Å². The van der Waals surface area contributed by atoms with Crippen molar-refractivity contribution >= 4 is 33.7 Å². The summed E-state index contributed by atoms with van der Waals surface area (Å²) in [7, 11) is -2.32. The van der Waals surface area contributed by atoms with Gasteiger partial charge in [0.2, 0.25) is 5.54 Å². The molecule has 10 heteroatoms. The number of carbonyl (C=O) groups is 2. The highest BCUT2D eigenvalue weighted by molar-refractivity contribution is 8.01. The van der Waals surface area contributed by atoms with Gasteiger partial charge in [0, 0.05) is 24.9 Å². The summed E-state index contributed by atoms with van der Waals surface area (Å²) in [5.41, 5.74) is 6.81. The number of aryl methyl sites for hydroxylation is 1. The average Bonchev–Trinajstić information content (AvgIpc) is 3.06. The number of nitrogens with two attached hydrogens (primary N) is 1. The van der Waals surface area contributed by atoms with E-state index in [1.165, 1.54) is 12.1 Å². The van der Waals surface area contributed by atoms with Gasteiger partial charge in [0.1, 0.15) is 5.37 Å². The van der Waals surface area contributed by atoms with Gasteiger partial charge in [0.05, 0.1) is 4.90 Å². The van der Waals surface area contributed by atoms with E-state index in [-0.39, 0.29) is 26.8 Å². The Morgan fingerprint density at radius 1 is 1.18 bits per heavy atom. The molecule has 2 amide bonds. The van der Waals surface area contributed by atoms with E-state index in [4.69, 9.17) is 10.3 Å². The Hall–Kier alpha value is -2.40. The number of rotatable bonds is 4. The van der Waals surface area contributed by atoms with Crippen LogP contribution in [0.15, 0.2) is 59.5 Å². The van der Waals surface area contributed by atoms with Crippen molar-refractivity contribution in [1.29, 1.82) is 0 Å². The van der Waals surface area contributed by atoms with Crippen molar-refractivity contribution in [3.63, 3.8) is 0 Å². The number of nitrogens with zero attached hydrogens (tertiary/aromatic N) is 2. The maximum absolute atomic E-state index is 12.8. The van der Waals surface area contributed by atoms with Crippen molar-refractivity contribution in [1.82, 2.24) is 9.80 Å². The Labute approximate surface area is 198 Å². The van der Waals surface area contributed by atoms with Gasteiger partial charge < -0.3 is 15.5 Å². The first kappa shape index (κ1) is 25.2. The molecule has 2 aromatic rings. The Morgan fingerprint density at radius 2 is 1.76 bits per heavy atom. The Bertz CT molecular complexity index is 1140. The van der Waals surface area contributed by atoms with E-state index >= 15 is 0 Å². The zero-order valence-corrected chi connectivity index (χ0v) is 20.7. The van der Waals surface area contributed by atoms with Gasteiger partial charge in [-0.05, 0) is 38.5 Å². The van der Waals surface area contributed by atoms with Crippen molar-refractivity contribution < 1.29 is 22.6 Å². The van der Waals surface area contributed by atoms with Crippen molar-refractivity contribution in [3.05, 3.63) is 65.7 Å². The van der Waals surface area contributed by atoms with Gasteiger partial charge in [-0.2, -0.15) is 8.42 Å². The molecule has 2 aromatic carbocycles. The third-order valence-electron chi connectivity index (χ3n) is 5.55. The van der Waals surface area contributed by atoms with Crippen molar-refractivity contribution in [2.24, 2.45) is 5.73 Å². The lowest BCUT2D eigenvalue weighted by molar-refractivity contribution is -0.163. The first-order valence-electron chi connectivity index (χ1n) is 10.4. The largest absolute Gasteiger partial charge is 0.339 e. The molecule has 0 radical (unpaired) electrons. The minimum atomic E-state index is -4.02. The van der Waals surface area contributed by atoms with Crippen molar-refractivity contribution in [3.8, 4) is 0 Å². The second kappa shape index (κ2) is 9.09. The molecule has 178 valence electrons. The van der Waals surface area contributed by atoms with Crippen LogP contribution in [-0.4, -0.2) is 63.8 Å². The van der Waals surface area contributed by atoms with E-state index in [1.54, 1.807) is 40.7 Å². The molecule has 2 saturated heterocycles. The van der Waals surface area contributed by atoms with Crippen LogP contribution in [0.25, 0.3) is 0 Å². The molecule has 0 saturated carbocycles. The van der Waals surface area contributed by atoms with E-state index in [1.807, 2.05) is 37.3 Å². The van der Waals surface area contributed by atoms with E-state index in [0.29, 0.717) is 13.1 Å². The molecule has 2 fully saturated rings. The van der Waals surface area contributed by atoms with Crippen LogP contribution < -0.4 is 5.73 Å². The lowest BCUT2D eigenvalue weighted by atomic mass is 9.87. The second-order valence-electron chi connectivity index (χ2n) is 8.97. The number of thioether (sulfide) groups is 1. The molecular formula is C23H29N3O5S2. The highest BCUT2D eigenvalue weighted by Crippen LogP contribution is 2.50. The number of carbonyl (C=O) groups excluding carboxylic acids is 2. The maximum Gasteiger partial charge on any atom is 0.294 e. The standard InChI is InChI=1S/C16H21N3O2S.C7H8O3S/c1-15(2)10-19-13(21)16(17,14(19)22-15)12(20)18(3)9-11-7-5-4-6-8-11;1-6-2-4-7(5-3-6)11(8,9)10/h4-8,14H,9-10,17H2,1-3H3;2-5H,1H3,(H,8,9,10)/t14-,16?;/m0./s1. The molecule has 0 bridgehead atoms. The van der Waals surface area contributed by atoms with Crippen LogP contribution in [0.2, 0.25) is 0 Å². The third kappa shape index (κ3) is 5.24. The molecule has 3 N–H and O–H groups in total. The number of fused-ring (bicyclic) bond motifs is 1. The van der Waals surface area contributed by atoms with Crippen molar-refractivity contribution in [2.45, 2.75) is 47.9 Å². The molecule has 4 rings (SSSR count). The SMILES string of the molecule is CN(Cc1ccccc1)C(=O)C1(N)C(=O)N2CC(C)(C)S[C@H]21.Cc1ccc(S(=O)(=O)O)cc1. The smallest absolute Gasteiger partial charge is 0.294 e. The monoisotopic (exact) mass is 491 g/mol. The van der Waals surface area contributed by atoms with E-state index in [9.17, 15) is 18.0 Å². The molecule has 0 aromatic heterocycles. The van der Waals surface area contributed by atoms with Gasteiger partial charge in [-0.1, -0.05) is 48.0 Å². The highest BCUT2D eigenvalue weighted by atomic mass is 32.2. The molecule has 2 aliphatic heterocycles. The highest BCUT2D eigenvalue weighted by Gasteiger charge is 2.68. The zero-order chi connectivity index (χ0) is 24.6. The molecule has 8 nitrogen and oxygen atoms in total. The van der Waals surface area contributed by atoms with Crippen LogP contribution in [0.3, 0.4) is 0 Å². The summed E-state index contributed by atoms with van der Waals surface area (Å²) in [6, 6.07) is 15.7. The minimum Gasteiger partial charge on any atom is -0.339 e. The normalized spacial score (nSPS) is 23.2. The van der Waals surface area contributed by atoms with Crippen LogP contribution in [0.5, 0.6) is 0 Å². The summed E-state index contributed by atoms with van der Waals surface area (Å²) in [6.07, 6.45) is 0. The quantitative estimate of drug-likeness (QED) is 0.382. The number of amides is 2. The summed E-state index contributed by atoms with van der Waals surface area (Å²) < 4.78 is 29.5. The molecule has 0 spiro atoms. The molecule has 2 heterocycles. The predicted octanol–water partition coefficient (Wildman–Crippen LogP) is 2.28. The van der Waals surface area contributed by atoms with E-state index < -0.39 is 15.7 Å². The van der Waals surface area contributed by atoms with Gasteiger partial charge in [0.25, 0.3) is 21.9 Å². The van der Waals surface area contributed by atoms with Gasteiger partial charge in [-0.15, -0.1) is 11.8 Å². The van der Waals surface area contributed by atoms with E-state index in [0.717, 1.165) is 11.1 Å². The van der Waals surface area contributed by atoms with Gasteiger partial charge in [-0.25, -0.2) is 0 Å². The Morgan fingerprint density at radius 3 is 2.30 bits per heavy atom. The number of likely N-dealkylation sites (N-methyl/N-ethyl adjacent to an activating group) is 1. The molecule has 2 atom stereocenters. The fourth-order valence-electron chi connectivity index (χ4n) is 3.84. The first-order valence-corrected chi connectivity index (χ1v) is 12.7. The number of hydrogen-bond donors (Lipinski definition) is 2. The predicted molar refractivity (Wildman–Crippen MR) is 128 cm³/mol.